The van der Waals surface area contributed by atoms with Crippen molar-refractivity contribution < 1.29 is 22.9 Å². The lowest BCUT2D eigenvalue weighted by molar-refractivity contribution is -0.348. The summed E-state index contributed by atoms with van der Waals surface area (Å²) < 4.78 is 40.7. The molecule has 0 aliphatic heterocycles. The van der Waals surface area contributed by atoms with Gasteiger partial charge in [0.1, 0.15) is 0 Å². The Balaban J connectivity index is 2.68. The number of alkyl halides is 3. The number of hydrogen-bond acceptors (Lipinski definition) is 2. The molecule has 1 radical (unpaired) electrons. The first kappa shape index (κ1) is 13.6. The maximum absolute atomic E-state index is 12.2. The fourth-order valence-electron chi connectivity index (χ4n) is 1.98. The summed E-state index contributed by atoms with van der Waals surface area (Å²) in [5, 5.41) is 8.88. The number of rotatable bonds is 3. The van der Waals surface area contributed by atoms with Crippen molar-refractivity contribution in [2.75, 3.05) is 0 Å². The molecule has 0 spiro atoms. The van der Waals surface area contributed by atoms with Gasteiger partial charge in [-0.25, -0.2) is 0 Å². The molecule has 0 amide bonds. The molecule has 0 aromatic heterocycles. The Bertz CT molecular complexity index is 243. The summed E-state index contributed by atoms with van der Waals surface area (Å²) in [6.07, 6.45) is -0.597. The third kappa shape index (κ3) is 4.18. The normalized spacial score (nSPS) is 31.2. The summed E-state index contributed by atoms with van der Waals surface area (Å²) in [7, 11) is 0.918. The maximum atomic E-state index is 12.2. The van der Waals surface area contributed by atoms with Gasteiger partial charge in [0.25, 0.3) is 7.48 Å². The standard InChI is InChI=1S/C10H15BF3O2/c1-2-7-4-3-5-8(11-15)6-9(7)16-10(12,13)14/h3,5,7-9,15H,2,4,6H2,1H3. The smallest absolute Gasteiger partial charge is 0.454 e. The summed E-state index contributed by atoms with van der Waals surface area (Å²) in [4.78, 5) is 0. The zero-order valence-electron chi connectivity index (χ0n) is 9.07. The van der Waals surface area contributed by atoms with E-state index in [1.54, 1.807) is 6.08 Å². The maximum Gasteiger partial charge on any atom is 0.522 e. The minimum Gasteiger partial charge on any atom is -0.454 e. The summed E-state index contributed by atoms with van der Waals surface area (Å²) >= 11 is 0. The highest BCUT2D eigenvalue weighted by Crippen LogP contribution is 2.33. The van der Waals surface area contributed by atoms with Gasteiger partial charge in [0, 0.05) is 0 Å². The molecule has 1 aliphatic rings. The molecule has 91 valence electrons. The molecule has 0 saturated carbocycles. The van der Waals surface area contributed by atoms with E-state index in [1.807, 2.05) is 13.0 Å². The fourth-order valence-corrected chi connectivity index (χ4v) is 1.98. The second kappa shape index (κ2) is 5.73. The number of hydrogen-bond donors (Lipinski definition) is 1. The molecule has 0 heterocycles. The van der Waals surface area contributed by atoms with Crippen molar-refractivity contribution in [2.45, 2.75) is 44.5 Å². The summed E-state index contributed by atoms with van der Waals surface area (Å²) in [6.45, 7) is 1.84. The Morgan fingerprint density at radius 3 is 2.69 bits per heavy atom. The zero-order valence-corrected chi connectivity index (χ0v) is 9.07. The average molecular weight is 235 g/mol. The van der Waals surface area contributed by atoms with Gasteiger partial charge in [0.2, 0.25) is 0 Å². The first-order chi connectivity index (χ1) is 7.46. The van der Waals surface area contributed by atoms with Crippen molar-refractivity contribution in [3.8, 4) is 0 Å². The van der Waals surface area contributed by atoms with Crippen LogP contribution in [0.3, 0.4) is 0 Å². The van der Waals surface area contributed by atoms with Gasteiger partial charge in [-0.05, 0) is 24.6 Å². The van der Waals surface area contributed by atoms with Crippen molar-refractivity contribution in [1.82, 2.24) is 0 Å². The van der Waals surface area contributed by atoms with Crippen LogP contribution in [0, 0.1) is 5.92 Å². The fraction of sp³-hybridized carbons (Fsp3) is 0.800. The monoisotopic (exact) mass is 235 g/mol. The van der Waals surface area contributed by atoms with Crippen molar-refractivity contribution in [3.63, 3.8) is 0 Å². The van der Waals surface area contributed by atoms with E-state index in [0.717, 1.165) is 7.48 Å². The zero-order chi connectivity index (χ0) is 12.2. The van der Waals surface area contributed by atoms with Crippen molar-refractivity contribution in [2.24, 2.45) is 5.92 Å². The molecule has 3 unspecified atom stereocenters. The molecular weight excluding hydrogens is 220 g/mol. The van der Waals surface area contributed by atoms with E-state index in [9.17, 15) is 13.2 Å². The minimum atomic E-state index is -4.61. The van der Waals surface area contributed by atoms with Gasteiger partial charge in [-0.2, -0.15) is 0 Å². The third-order valence-corrected chi connectivity index (χ3v) is 2.85. The molecule has 1 N–H and O–H groups in total. The average Bonchev–Trinajstić information content (AvgIpc) is 2.37. The Labute approximate surface area is 93.8 Å². The van der Waals surface area contributed by atoms with Crippen LogP contribution in [0.1, 0.15) is 26.2 Å². The van der Waals surface area contributed by atoms with Crippen LogP contribution in [0.4, 0.5) is 13.2 Å². The van der Waals surface area contributed by atoms with Gasteiger partial charge in [0.15, 0.2) is 0 Å². The van der Waals surface area contributed by atoms with E-state index >= 15 is 0 Å². The second-order valence-electron chi connectivity index (χ2n) is 3.98. The van der Waals surface area contributed by atoms with Crippen LogP contribution < -0.4 is 0 Å². The Kier molecular flexibility index (Phi) is 4.86. The molecular formula is C10H15BF3O2. The third-order valence-electron chi connectivity index (χ3n) is 2.85. The molecule has 0 bridgehead atoms. The number of halogens is 3. The quantitative estimate of drug-likeness (QED) is 0.601. The van der Waals surface area contributed by atoms with E-state index in [1.165, 1.54) is 0 Å². The molecule has 2 nitrogen and oxygen atoms in total. The predicted molar refractivity (Wildman–Crippen MR) is 54.8 cm³/mol. The van der Waals surface area contributed by atoms with Crippen molar-refractivity contribution >= 4 is 7.48 Å². The van der Waals surface area contributed by atoms with E-state index in [-0.39, 0.29) is 18.2 Å². The van der Waals surface area contributed by atoms with E-state index in [4.69, 9.17) is 5.02 Å². The van der Waals surface area contributed by atoms with Crippen LogP contribution in [-0.2, 0) is 4.74 Å². The van der Waals surface area contributed by atoms with Crippen molar-refractivity contribution in [1.29, 1.82) is 0 Å². The molecule has 0 aromatic carbocycles. The lowest BCUT2D eigenvalue weighted by atomic mass is 9.76. The molecule has 3 atom stereocenters. The first-order valence-electron chi connectivity index (χ1n) is 5.35. The molecule has 0 fully saturated rings. The van der Waals surface area contributed by atoms with Crippen LogP contribution in [-0.4, -0.2) is 25.0 Å². The van der Waals surface area contributed by atoms with Gasteiger partial charge in [-0.3, -0.25) is 4.74 Å². The van der Waals surface area contributed by atoms with Crippen LogP contribution in [0.25, 0.3) is 0 Å². The van der Waals surface area contributed by atoms with E-state index in [2.05, 4.69) is 4.74 Å². The predicted octanol–water partition coefficient (Wildman–Crippen LogP) is 2.67. The van der Waals surface area contributed by atoms with Crippen LogP contribution >= 0.6 is 0 Å². The van der Waals surface area contributed by atoms with Gasteiger partial charge in [0.05, 0.1) is 6.10 Å². The van der Waals surface area contributed by atoms with Crippen LogP contribution in [0.2, 0.25) is 5.82 Å². The molecule has 6 heteroatoms. The van der Waals surface area contributed by atoms with Crippen molar-refractivity contribution in [3.05, 3.63) is 12.2 Å². The van der Waals surface area contributed by atoms with Gasteiger partial charge < -0.3 is 5.02 Å². The largest absolute Gasteiger partial charge is 0.522 e. The number of ether oxygens (including phenoxy) is 1. The van der Waals surface area contributed by atoms with Crippen LogP contribution in [0.15, 0.2) is 12.2 Å². The Morgan fingerprint density at radius 1 is 1.50 bits per heavy atom. The highest BCUT2D eigenvalue weighted by Gasteiger charge is 2.37. The highest BCUT2D eigenvalue weighted by atomic mass is 19.4. The molecule has 0 aromatic rings. The Hall–Kier alpha value is -0.485. The summed E-state index contributed by atoms with van der Waals surface area (Å²) in [6, 6.07) is 0. The van der Waals surface area contributed by atoms with Gasteiger partial charge in [-0.15, -0.1) is 13.2 Å². The second-order valence-corrected chi connectivity index (χ2v) is 3.98. The lowest BCUT2D eigenvalue weighted by Crippen LogP contribution is -2.31. The number of allylic oxidation sites excluding steroid dienone is 2. The lowest BCUT2D eigenvalue weighted by Gasteiger charge is -2.26. The molecule has 0 saturated heterocycles. The summed E-state index contributed by atoms with van der Waals surface area (Å²) in [5.74, 6) is -0.508. The van der Waals surface area contributed by atoms with E-state index in [0.29, 0.717) is 12.8 Å². The van der Waals surface area contributed by atoms with Gasteiger partial charge >= 0.3 is 6.36 Å². The molecule has 1 rings (SSSR count). The first-order valence-corrected chi connectivity index (χ1v) is 5.35. The van der Waals surface area contributed by atoms with Gasteiger partial charge in [-0.1, -0.05) is 25.5 Å². The molecule has 16 heavy (non-hydrogen) atoms. The Morgan fingerprint density at radius 2 is 2.19 bits per heavy atom. The van der Waals surface area contributed by atoms with E-state index < -0.39 is 12.5 Å². The molecule has 1 aliphatic carbocycles. The minimum absolute atomic E-state index is 0.150. The summed E-state index contributed by atoms with van der Waals surface area (Å²) in [5.41, 5.74) is 0. The topological polar surface area (TPSA) is 29.5 Å². The highest BCUT2D eigenvalue weighted by molar-refractivity contribution is 6.28. The van der Waals surface area contributed by atoms with Crippen LogP contribution in [0.5, 0.6) is 0 Å². The SMILES string of the molecule is CCC1CC=CC([B]O)CC1OC(F)(F)F.